The molecule has 0 aliphatic carbocycles. The van der Waals surface area contributed by atoms with E-state index in [4.69, 9.17) is 22.4 Å². The van der Waals surface area contributed by atoms with Gasteiger partial charge in [0.15, 0.2) is 0 Å². The molecule has 0 spiro atoms. The molecule has 0 atom stereocenters. The van der Waals surface area contributed by atoms with Gasteiger partial charge < -0.3 is 15.7 Å². The fourth-order valence-corrected chi connectivity index (χ4v) is 1.73. The van der Waals surface area contributed by atoms with E-state index in [-0.39, 0.29) is 6.42 Å². The van der Waals surface area contributed by atoms with Crippen LogP contribution in [0.25, 0.3) is 0 Å². The molecule has 1 aromatic rings. The predicted molar refractivity (Wildman–Crippen MR) is 68.6 cm³/mol. The number of hydrogen-bond acceptors (Lipinski definition) is 3. The molecule has 1 rings (SSSR count). The molecular formula is C12H15ClN2O3. The van der Waals surface area contributed by atoms with Crippen molar-refractivity contribution in [3.63, 3.8) is 0 Å². The van der Waals surface area contributed by atoms with Crippen molar-refractivity contribution in [2.75, 3.05) is 13.6 Å². The van der Waals surface area contributed by atoms with Crippen molar-refractivity contribution in [1.29, 1.82) is 0 Å². The number of rotatable bonds is 6. The third-order valence-electron chi connectivity index (χ3n) is 2.49. The smallest absolute Gasteiger partial charge is 0.304 e. The second kappa shape index (κ2) is 6.37. The molecule has 0 aliphatic heterocycles. The van der Waals surface area contributed by atoms with Crippen LogP contribution in [0, 0.1) is 0 Å². The highest BCUT2D eigenvalue weighted by atomic mass is 35.5. The van der Waals surface area contributed by atoms with Gasteiger partial charge in [0, 0.05) is 23.7 Å². The summed E-state index contributed by atoms with van der Waals surface area (Å²) < 4.78 is 0. The molecular weight excluding hydrogens is 256 g/mol. The van der Waals surface area contributed by atoms with Crippen LogP contribution in [0.5, 0.6) is 0 Å². The Labute approximate surface area is 110 Å². The lowest BCUT2D eigenvalue weighted by molar-refractivity contribution is -0.137. The van der Waals surface area contributed by atoms with Crippen LogP contribution < -0.4 is 5.73 Å². The highest BCUT2D eigenvalue weighted by Gasteiger charge is 2.08. The molecule has 0 fully saturated rings. The lowest BCUT2D eigenvalue weighted by atomic mass is 10.1. The van der Waals surface area contributed by atoms with Crippen LogP contribution >= 0.6 is 11.6 Å². The summed E-state index contributed by atoms with van der Waals surface area (Å²) in [4.78, 5) is 23.2. The Balaban J connectivity index is 2.67. The first kappa shape index (κ1) is 14.5. The number of amides is 1. The maximum atomic E-state index is 11.0. The van der Waals surface area contributed by atoms with Crippen LogP contribution in [0.3, 0.4) is 0 Å². The van der Waals surface area contributed by atoms with Gasteiger partial charge in [0.1, 0.15) is 0 Å². The number of halogens is 1. The van der Waals surface area contributed by atoms with E-state index in [1.165, 1.54) is 6.07 Å². The second-order valence-electron chi connectivity index (χ2n) is 4.05. The summed E-state index contributed by atoms with van der Waals surface area (Å²) in [7, 11) is 1.81. The third kappa shape index (κ3) is 4.35. The van der Waals surface area contributed by atoms with Gasteiger partial charge in [-0.15, -0.1) is 0 Å². The maximum Gasteiger partial charge on any atom is 0.304 e. The fourth-order valence-electron chi connectivity index (χ4n) is 1.49. The number of aliphatic carboxylic acids is 1. The topological polar surface area (TPSA) is 83.6 Å². The van der Waals surface area contributed by atoms with Gasteiger partial charge in [-0.1, -0.05) is 17.7 Å². The summed E-state index contributed by atoms with van der Waals surface area (Å²) in [6.45, 7) is 0.953. The van der Waals surface area contributed by atoms with E-state index in [2.05, 4.69) is 0 Å². The minimum absolute atomic E-state index is 0.0769. The van der Waals surface area contributed by atoms with Gasteiger partial charge in [-0.3, -0.25) is 9.59 Å². The summed E-state index contributed by atoms with van der Waals surface area (Å²) in [5.74, 6) is -1.36. The number of carbonyl (C=O) groups excluding carboxylic acids is 1. The molecule has 1 aromatic carbocycles. The molecule has 0 saturated heterocycles. The van der Waals surface area contributed by atoms with E-state index in [0.29, 0.717) is 23.7 Å². The number of carbonyl (C=O) groups is 2. The molecule has 0 bridgehead atoms. The lowest BCUT2D eigenvalue weighted by Crippen LogP contribution is -2.21. The lowest BCUT2D eigenvalue weighted by Gasteiger charge is -2.16. The summed E-state index contributed by atoms with van der Waals surface area (Å²) in [5, 5.41) is 9.03. The number of nitrogens with two attached hydrogens (primary N) is 1. The normalized spacial score (nSPS) is 10.6. The molecule has 0 saturated carbocycles. The first-order valence-corrected chi connectivity index (χ1v) is 5.76. The Hall–Kier alpha value is -1.59. The summed E-state index contributed by atoms with van der Waals surface area (Å²) in [6, 6.07) is 4.85. The Kier molecular flexibility index (Phi) is 5.12. The third-order valence-corrected chi connectivity index (χ3v) is 2.84. The number of primary amides is 1. The Morgan fingerprint density at radius 2 is 2.11 bits per heavy atom. The van der Waals surface area contributed by atoms with Crippen molar-refractivity contribution in [2.45, 2.75) is 13.0 Å². The van der Waals surface area contributed by atoms with E-state index in [0.717, 1.165) is 5.56 Å². The molecule has 0 radical (unpaired) electrons. The number of carboxylic acids is 1. The van der Waals surface area contributed by atoms with Crippen LogP contribution in [-0.4, -0.2) is 35.5 Å². The zero-order valence-corrected chi connectivity index (χ0v) is 10.8. The van der Waals surface area contributed by atoms with E-state index in [1.807, 2.05) is 4.90 Å². The Morgan fingerprint density at radius 1 is 1.44 bits per heavy atom. The van der Waals surface area contributed by atoms with Crippen LogP contribution in [0.4, 0.5) is 0 Å². The SMILES string of the molecule is CN(CCC(=O)O)Cc1ccc(C(N)=O)cc1Cl. The van der Waals surface area contributed by atoms with E-state index >= 15 is 0 Å². The standard InChI is InChI=1S/C12H15ClN2O3/c1-15(5-4-11(16)17)7-9-3-2-8(12(14)18)6-10(9)13/h2-3,6H,4-5,7H2,1H3,(H2,14,18)(H,16,17). The number of carboxylic acid groups (broad SMARTS) is 1. The minimum Gasteiger partial charge on any atom is -0.481 e. The van der Waals surface area contributed by atoms with Crippen LogP contribution in [0.1, 0.15) is 22.3 Å². The van der Waals surface area contributed by atoms with Crippen molar-refractivity contribution in [3.05, 3.63) is 34.3 Å². The fraction of sp³-hybridized carbons (Fsp3) is 0.333. The zero-order chi connectivity index (χ0) is 13.7. The first-order valence-electron chi connectivity index (χ1n) is 5.38. The van der Waals surface area contributed by atoms with E-state index in [1.54, 1.807) is 19.2 Å². The monoisotopic (exact) mass is 270 g/mol. The van der Waals surface area contributed by atoms with Gasteiger partial charge >= 0.3 is 5.97 Å². The maximum absolute atomic E-state index is 11.0. The van der Waals surface area contributed by atoms with Crippen molar-refractivity contribution >= 4 is 23.5 Å². The molecule has 0 aliphatic rings. The van der Waals surface area contributed by atoms with Crippen LogP contribution in [0.15, 0.2) is 18.2 Å². The summed E-state index contributed by atoms with van der Waals surface area (Å²) in [5.41, 5.74) is 6.33. The molecule has 0 aromatic heterocycles. The Bertz CT molecular complexity index is 463. The van der Waals surface area contributed by atoms with Gasteiger partial charge in [0.25, 0.3) is 0 Å². The molecule has 1 amide bonds. The van der Waals surface area contributed by atoms with Gasteiger partial charge in [-0.05, 0) is 24.7 Å². The van der Waals surface area contributed by atoms with Crippen molar-refractivity contribution in [2.24, 2.45) is 5.73 Å². The highest BCUT2D eigenvalue weighted by molar-refractivity contribution is 6.31. The van der Waals surface area contributed by atoms with E-state index < -0.39 is 11.9 Å². The van der Waals surface area contributed by atoms with Gasteiger partial charge in [0.05, 0.1) is 6.42 Å². The molecule has 5 nitrogen and oxygen atoms in total. The molecule has 6 heteroatoms. The van der Waals surface area contributed by atoms with Crippen LogP contribution in [0.2, 0.25) is 5.02 Å². The quantitative estimate of drug-likeness (QED) is 0.817. The van der Waals surface area contributed by atoms with E-state index in [9.17, 15) is 9.59 Å². The van der Waals surface area contributed by atoms with Crippen molar-refractivity contribution in [1.82, 2.24) is 4.90 Å². The van der Waals surface area contributed by atoms with Crippen molar-refractivity contribution in [3.8, 4) is 0 Å². The number of nitrogens with zero attached hydrogens (tertiary/aromatic N) is 1. The highest BCUT2D eigenvalue weighted by Crippen LogP contribution is 2.19. The molecule has 98 valence electrons. The number of benzene rings is 1. The summed E-state index contributed by atoms with van der Waals surface area (Å²) in [6.07, 6.45) is 0.0769. The average molecular weight is 271 g/mol. The zero-order valence-electron chi connectivity index (χ0n) is 10.0. The molecule has 0 unspecified atom stereocenters. The number of hydrogen-bond donors (Lipinski definition) is 2. The Morgan fingerprint density at radius 3 is 2.61 bits per heavy atom. The minimum atomic E-state index is -0.836. The molecule has 18 heavy (non-hydrogen) atoms. The summed E-state index contributed by atoms with van der Waals surface area (Å²) >= 11 is 6.03. The van der Waals surface area contributed by atoms with Crippen molar-refractivity contribution < 1.29 is 14.7 Å². The molecule has 0 heterocycles. The average Bonchev–Trinajstić information content (AvgIpc) is 2.29. The van der Waals surface area contributed by atoms with Gasteiger partial charge in [-0.2, -0.15) is 0 Å². The van der Waals surface area contributed by atoms with Gasteiger partial charge in [-0.25, -0.2) is 0 Å². The first-order chi connectivity index (χ1) is 8.40. The largest absolute Gasteiger partial charge is 0.481 e. The second-order valence-corrected chi connectivity index (χ2v) is 4.46. The predicted octanol–water partition coefficient (Wildman–Crippen LogP) is 1.35. The molecule has 3 N–H and O–H groups in total. The van der Waals surface area contributed by atoms with Gasteiger partial charge in [0.2, 0.25) is 5.91 Å². The van der Waals surface area contributed by atoms with Crippen LogP contribution in [-0.2, 0) is 11.3 Å².